The highest BCUT2D eigenvalue weighted by Gasteiger charge is 2.36. The molecule has 178 valence electrons. The molecule has 0 saturated carbocycles. The molecule has 4 rings (SSSR count). The minimum absolute atomic E-state index is 0.152. The quantitative estimate of drug-likeness (QED) is 0.740. The van der Waals surface area contributed by atoms with Gasteiger partial charge >= 0.3 is 6.09 Å². The fourth-order valence-corrected chi connectivity index (χ4v) is 4.18. The highest BCUT2D eigenvalue weighted by molar-refractivity contribution is 6.01. The van der Waals surface area contributed by atoms with E-state index in [1.807, 2.05) is 4.90 Å². The number of rotatable bonds is 5. The highest BCUT2D eigenvalue weighted by atomic mass is 19.1. The third kappa shape index (κ3) is 5.32. The minimum Gasteiger partial charge on any atom is -0.444 e. The van der Waals surface area contributed by atoms with E-state index in [4.69, 9.17) is 4.74 Å². The van der Waals surface area contributed by atoms with Crippen LogP contribution < -0.4 is 10.2 Å². The summed E-state index contributed by atoms with van der Waals surface area (Å²) in [5.41, 5.74) is 0.0376. The standard InChI is InChI=1S/C23H29F2N5O3/c1-23(2,3)33-22(32)27-18-7-10-30(21(18)31)19-5-4-16(12-17(19)25)29-11-8-26-20(29)14-28-9-6-15(24)13-28/h4-5,8,11-12,15,18H,6-7,9-10,13-14H2,1-3H3,(H,27,32). The van der Waals surface area contributed by atoms with Crippen LogP contribution in [0.2, 0.25) is 0 Å². The molecule has 2 aromatic rings. The van der Waals surface area contributed by atoms with E-state index >= 15 is 4.39 Å². The monoisotopic (exact) mass is 461 g/mol. The van der Waals surface area contributed by atoms with Gasteiger partial charge in [-0.3, -0.25) is 9.69 Å². The Bertz CT molecular complexity index is 1040. The molecular weight excluding hydrogens is 432 g/mol. The number of nitrogens with zero attached hydrogens (tertiary/aromatic N) is 4. The molecule has 10 heteroatoms. The maximum absolute atomic E-state index is 15.1. The number of likely N-dealkylation sites (tertiary alicyclic amines) is 1. The molecule has 0 bridgehead atoms. The molecule has 1 aromatic carbocycles. The lowest BCUT2D eigenvalue weighted by Crippen LogP contribution is -2.43. The number of halogens is 2. The zero-order valence-electron chi connectivity index (χ0n) is 19.1. The van der Waals surface area contributed by atoms with Crippen LogP contribution >= 0.6 is 0 Å². The Morgan fingerprint density at radius 3 is 2.73 bits per heavy atom. The van der Waals surface area contributed by atoms with Gasteiger partial charge in [0.2, 0.25) is 5.91 Å². The Hall–Kier alpha value is -3.01. The van der Waals surface area contributed by atoms with Gasteiger partial charge < -0.3 is 19.5 Å². The van der Waals surface area contributed by atoms with E-state index in [9.17, 15) is 14.0 Å². The van der Waals surface area contributed by atoms with Crippen LogP contribution in [0.5, 0.6) is 0 Å². The zero-order valence-corrected chi connectivity index (χ0v) is 19.1. The van der Waals surface area contributed by atoms with Crippen LogP contribution in [0.25, 0.3) is 5.69 Å². The first-order valence-corrected chi connectivity index (χ1v) is 11.1. The molecule has 2 saturated heterocycles. The second kappa shape index (κ2) is 9.09. The van der Waals surface area contributed by atoms with Crippen LogP contribution in [-0.4, -0.2) is 63.9 Å². The third-order valence-corrected chi connectivity index (χ3v) is 5.69. The molecule has 1 N–H and O–H groups in total. The molecule has 2 unspecified atom stereocenters. The Morgan fingerprint density at radius 2 is 2.06 bits per heavy atom. The number of alkyl halides is 1. The van der Waals surface area contributed by atoms with Crippen molar-refractivity contribution in [3.05, 3.63) is 42.2 Å². The molecule has 2 atom stereocenters. The van der Waals surface area contributed by atoms with Crippen molar-refractivity contribution in [1.82, 2.24) is 19.8 Å². The molecule has 33 heavy (non-hydrogen) atoms. The van der Waals surface area contributed by atoms with E-state index in [2.05, 4.69) is 10.3 Å². The number of nitrogens with one attached hydrogen (secondary N) is 1. The first kappa shape index (κ1) is 23.2. The molecule has 0 spiro atoms. The van der Waals surface area contributed by atoms with Crippen molar-refractivity contribution in [2.24, 2.45) is 0 Å². The second-order valence-electron chi connectivity index (χ2n) is 9.45. The van der Waals surface area contributed by atoms with Gasteiger partial charge in [0.05, 0.1) is 12.2 Å². The van der Waals surface area contributed by atoms with Crippen LogP contribution in [0.15, 0.2) is 30.6 Å². The van der Waals surface area contributed by atoms with Crippen LogP contribution in [0.1, 0.15) is 39.4 Å². The average molecular weight is 462 g/mol. The molecule has 2 fully saturated rings. The first-order valence-electron chi connectivity index (χ1n) is 11.1. The Kier molecular flexibility index (Phi) is 6.38. The molecule has 0 radical (unpaired) electrons. The number of imidazole rings is 1. The van der Waals surface area contributed by atoms with Crippen molar-refractivity contribution in [3.8, 4) is 5.69 Å². The maximum atomic E-state index is 15.1. The third-order valence-electron chi connectivity index (χ3n) is 5.69. The molecule has 2 aliphatic rings. The van der Waals surface area contributed by atoms with E-state index in [-0.39, 0.29) is 18.1 Å². The fraction of sp³-hybridized carbons (Fsp3) is 0.522. The van der Waals surface area contributed by atoms with Gasteiger partial charge in [-0.15, -0.1) is 0 Å². The van der Waals surface area contributed by atoms with Crippen LogP contribution in [0.4, 0.5) is 19.3 Å². The number of hydrogen-bond donors (Lipinski definition) is 1. The van der Waals surface area contributed by atoms with Crippen molar-refractivity contribution >= 4 is 17.7 Å². The summed E-state index contributed by atoms with van der Waals surface area (Å²) in [5, 5.41) is 2.56. The van der Waals surface area contributed by atoms with Crippen molar-refractivity contribution in [2.45, 2.75) is 58.0 Å². The zero-order chi connectivity index (χ0) is 23.8. The summed E-state index contributed by atoms with van der Waals surface area (Å²) in [4.78, 5) is 32.5. The number of ether oxygens (including phenoxy) is 1. The van der Waals surface area contributed by atoms with Gasteiger partial charge in [0.15, 0.2) is 0 Å². The van der Waals surface area contributed by atoms with Gasteiger partial charge in [-0.2, -0.15) is 0 Å². The van der Waals surface area contributed by atoms with E-state index in [0.717, 1.165) is 0 Å². The van der Waals surface area contributed by atoms with E-state index in [0.29, 0.717) is 44.0 Å². The van der Waals surface area contributed by atoms with Gasteiger partial charge in [-0.25, -0.2) is 18.6 Å². The van der Waals surface area contributed by atoms with Crippen molar-refractivity contribution in [1.29, 1.82) is 0 Å². The lowest BCUT2D eigenvalue weighted by molar-refractivity contribution is -0.118. The summed E-state index contributed by atoms with van der Waals surface area (Å²) in [6.45, 7) is 7.00. The van der Waals surface area contributed by atoms with E-state index < -0.39 is 29.7 Å². The number of hydrogen-bond acceptors (Lipinski definition) is 5. The van der Waals surface area contributed by atoms with E-state index in [1.54, 1.807) is 49.9 Å². The number of carbonyl (C=O) groups is 2. The van der Waals surface area contributed by atoms with E-state index in [1.165, 1.54) is 11.0 Å². The van der Waals surface area contributed by atoms with Crippen LogP contribution in [0.3, 0.4) is 0 Å². The van der Waals surface area contributed by atoms with Gasteiger partial charge in [0, 0.05) is 43.8 Å². The topological polar surface area (TPSA) is 79.7 Å². The second-order valence-corrected chi connectivity index (χ2v) is 9.45. The largest absolute Gasteiger partial charge is 0.444 e. The smallest absolute Gasteiger partial charge is 0.408 e. The fourth-order valence-electron chi connectivity index (χ4n) is 4.18. The van der Waals surface area contributed by atoms with Crippen molar-refractivity contribution < 1.29 is 23.1 Å². The number of carbonyl (C=O) groups excluding carboxylic acids is 2. The molecule has 8 nitrogen and oxygen atoms in total. The summed E-state index contributed by atoms with van der Waals surface area (Å²) in [7, 11) is 0. The minimum atomic E-state index is -0.822. The predicted octanol–water partition coefficient (Wildman–Crippen LogP) is 3.19. The van der Waals surface area contributed by atoms with Gasteiger partial charge in [-0.05, 0) is 45.7 Å². The highest BCUT2D eigenvalue weighted by Crippen LogP contribution is 2.27. The lowest BCUT2D eigenvalue weighted by atomic mass is 10.2. The molecule has 1 aromatic heterocycles. The predicted molar refractivity (Wildman–Crippen MR) is 118 cm³/mol. The molecule has 2 amide bonds. The van der Waals surface area contributed by atoms with Crippen LogP contribution in [0, 0.1) is 5.82 Å². The summed E-state index contributed by atoms with van der Waals surface area (Å²) >= 11 is 0. The lowest BCUT2D eigenvalue weighted by Gasteiger charge is -2.22. The summed E-state index contributed by atoms with van der Waals surface area (Å²) in [5.74, 6) is -0.246. The molecule has 2 aliphatic heterocycles. The Morgan fingerprint density at radius 1 is 1.27 bits per heavy atom. The molecule has 0 aliphatic carbocycles. The summed E-state index contributed by atoms with van der Waals surface area (Å²) < 4.78 is 35.5. The number of aromatic nitrogens is 2. The Labute approximate surface area is 191 Å². The summed E-state index contributed by atoms with van der Waals surface area (Å²) in [6, 6.07) is 3.85. The van der Waals surface area contributed by atoms with Crippen molar-refractivity contribution in [3.63, 3.8) is 0 Å². The number of alkyl carbamates (subject to hydrolysis) is 1. The van der Waals surface area contributed by atoms with Gasteiger partial charge in [0.25, 0.3) is 0 Å². The number of amides is 2. The number of anilines is 1. The van der Waals surface area contributed by atoms with Gasteiger partial charge in [-0.1, -0.05) is 0 Å². The van der Waals surface area contributed by atoms with Crippen LogP contribution in [-0.2, 0) is 16.1 Å². The molecule has 3 heterocycles. The number of benzene rings is 1. The van der Waals surface area contributed by atoms with Crippen molar-refractivity contribution in [2.75, 3.05) is 24.5 Å². The first-order chi connectivity index (χ1) is 15.6. The average Bonchev–Trinajstić information content (AvgIpc) is 3.43. The summed E-state index contributed by atoms with van der Waals surface area (Å²) in [6.07, 6.45) is 2.73. The Balaban J connectivity index is 1.45. The molecular formula is C23H29F2N5O3. The van der Waals surface area contributed by atoms with Gasteiger partial charge in [0.1, 0.15) is 29.5 Å². The maximum Gasteiger partial charge on any atom is 0.408 e. The normalized spacial score (nSPS) is 21.6. The SMILES string of the molecule is CC(C)(C)OC(=O)NC1CCN(c2ccc(-n3ccnc3CN3CCC(F)C3)cc2F)C1=O.